The predicted octanol–water partition coefficient (Wildman–Crippen LogP) is 2.15. The molecule has 0 unspecified atom stereocenters. The molecule has 3 rings (SSSR count). The van der Waals surface area contributed by atoms with Gasteiger partial charge in [-0.1, -0.05) is 0 Å². The minimum atomic E-state index is -3.56. The Balaban J connectivity index is 1.91. The van der Waals surface area contributed by atoms with Crippen LogP contribution in [0, 0.1) is 24.0 Å². The molecule has 0 aliphatic heterocycles. The van der Waals surface area contributed by atoms with Crippen LogP contribution in [0.2, 0.25) is 0 Å². The number of primary sulfonamides is 1. The van der Waals surface area contributed by atoms with Crippen LogP contribution in [0.25, 0.3) is 5.65 Å². The zero-order valence-corrected chi connectivity index (χ0v) is 16.0. The van der Waals surface area contributed by atoms with Crippen molar-refractivity contribution in [2.45, 2.75) is 26.8 Å². The predicted molar refractivity (Wildman–Crippen MR) is 100 cm³/mol. The standard InChI is InChI=1S/C15H18N8O4S/c1-10-14(18-17-12-4-6-13(7-5-12)23(24)25)15-21(8-3-9-28(16,26)27)20-11(2)22(15)19-10/h4-7H,3,8-9H2,1-2H3,(H2,16,26,27). The van der Waals surface area contributed by atoms with Crippen LogP contribution < -0.4 is 5.14 Å². The molecule has 0 amide bonds. The summed E-state index contributed by atoms with van der Waals surface area (Å²) in [5.74, 6) is 0.454. The fraction of sp³-hybridized carbons (Fsp3) is 0.333. The van der Waals surface area contributed by atoms with Gasteiger partial charge in [-0.2, -0.15) is 19.8 Å². The second kappa shape index (κ2) is 7.44. The van der Waals surface area contributed by atoms with Crippen molar-refractivity contribution < 1.29 is 13.3 Å². The van der Waals surface area contributed by atoms with E-state index in [-0.39, 0.29) is 11.4 Å². The number of nitrogens with two attached hydrogens (primary N) is 1. The number of non-ortho nitro benzene ring substituents is 1. The second-order valence-electron chi connectivity index (χ2n) is 6.13. The first-order valence-corrected chi connectivity index (χ1v) is 9.96. The van der Waals surface area contributed by atoms with Gasteiger partial charge >= 0.3 is 0 Å². The maximum Gasteiger partial charge on any atom is 0.269 e. The van der Waals surface area contributed by atoms with E-state index < -0.39 is 14.9 Å². The van der Waals surface area contributed by atoms with Crippen molar-refractivity contribution in [3.63, 3.8) is 0 Å². The topological polar surface area (TPSA) is 163 Å². The Labute approximate surface area is 159 Å². The fourth-order valence-electron chi connectivity index (χ4n) is 2.67. The molecule has 0 saturated heterocycles. The van der Waals surface area contributed by atoms with E-state index in [9.17, 15) is 18.5 Å². The number of nitro benzene ring substituents is 1. The highest BCUT2D eigenvalue weighted by Crippen LogP contribution is 2.28. The summed E-state index contributed by atoms with van der Waals surface area (Å²) in [6, 6.07) is 5.67. The minimum Gasteiger partial charge on any atom is -0.258 e. The summed E-state index contributed by atoms with van der Waals surface area (Å²) in [6.45, 7) is 3.86. The summed E-state index contributed by atoms with van der Waals surface area (Å²) >= 11 is 0. The largest absolute Gasteiger partial charge is 0.269 e. The number of sulfonamides is 1. The second-order valence-corrected chi connectivity index (χ2v) is 7.87. The van der Waals surface area contributed by atoms with E-state index in [4.69, 9.17) is 5.14 Å². The Morgan fingerprint density at radius 3 is 2.46 bits per heavy atom. The third kappa shape index (κ3) is 4.20. The number of azo groups is 1. The van der Waals surface area contributed by atoms with Gasteiger partial charge in [0.1, 0.15) is 5.82 Å². The minimum absolute atomic E-state index is 0.0355. The third-order valence-electron chi connectivity index (χ3n) is 3.95. The number of aryl methyl sites for hydroxylation is 3. The maximum atomic E-state index is 11.1. The average molecular weight is 406 g/mol. The molecule has 28 heavy (non-hydrogen) atoms. The molecule has 0 saturated carbocycles. The molecule has 2 heterocycles. The molecule has 12 nitrogen and oxygen atoms in total. The molecule has 1 aromatic carbocycles. The van der Waals surface area contributed by atoms with Gasteiger partial charge in [0.15, 0.2) is 11.3 Å². The molecular weight excluding hydrogens is 388 g/mol. The number of benzene rings is 1. The maximum absolute atomic E-state index is 11.1. The average Bonchev–Trinajstić information content (AvgIpc) is 3.09. The molecule has 3 aromatic rings. The van der Waals surface area contributed by atoms with Gasteiger partial charge < -0.3 is 0 Å². The Kier molecular flexibility index (Phi) is 5.20. The van der Waals surface area contributed by atoms with Crippen LogP contribution in [0.5, 0.6) is 0 Å². The van der Waals surface area contributed by atoms with E-state index in [0.29, 0.717) is 41.5 Å². The molecule has 2 N–H and O–H groups in total. The monoisotopic (exact) mass is 406 g/mol. The van der Waals surface area contributed by atoms with Gasteiger partial charge in [-0.05, 0) is 32.4 Å². The number of aromatic nitrogens is 4. The van der Waals surface area contributed by atoms with Gasteiger partial charge in [-0.3, -0.25) is 10.1 Å². The Bertz CT molecular complexity index is 1160. The van der Waals surface area contributed by atoms with E-state index in [1.807, 2.05) is 0 Å². The first kappa shape index (κ1) is 19.6. The molecule has 0 bridgehead atoms. The normalized spacial score (nSPS) is 12.2. The van der Waals surface area contributed by atoms with Gasteiger partial charge in [0.05, 0.1) is 22.1 Å². The lowest BCUT2D eigenvalue weighted by molar-refractivity contribution is -0.384. The van der Waals surface area contributed by atoms with Crippen molar-refractivity contribution in [2.75, 3.05) is 5.75 Å². The molecule has 0 fully saturated rings. The van der Waals surface area contributed by atoms with E-state index in [1.54, 1.807) is 23.0 Å². The lowest BCUT2D eigenvalue weighted by Gasteiger charge is -2.02. The zero-order valence-electron chi connectivity index (χ0n) is 15.2. The quantitative estimate of drug-likeness (QED) is 0.359. The lowest BCUT2D eigenvalue weighted by Crippen LogP contribution is -2.18. The van der Waals surface area contributed by atoms with Crippen LogP contribution in [-0.4, -0.2) is 38.5 Å². The van der Waals surface area contributed by atoms with E-state index in [1.165, 1.54) is 24.3 Å². The van der Waals surface area contributed by atoms with Gasteiger partial charge in [-0.15, -0.1) is 5.11 Å². The number of hydrogen-bond donors (Lipinski definition) is 1. The molecule has 2 aromatic heterocycles. The molecule has 0 aliphatic carbocycles. The number of hydrogen-bond acceptors (Lipinski definition) is 8. The Morgan fingerprint density at radius 1 is 1.18 bits per heavy atom. The van der Waals surface area contributed by atoms with Gasteiger partial charge in [-0.25, -0.2) is 18.2 Å². The number of nitrogens with zero attached hydrogens (tertiary/aromatic N) is 7. The molecule has 0 atom stereocenters. The smallest absolute Gasteiger partial charge is 0.258 e. The molecule has 0 spiro atoms. The van der Waals surface area contributed by atoms with Gasteiger partial charge in [0.2, 0.25) is 10.0 Å². The van der Waals surface area contributed by atoms with Crippen LogP contribution in [-0.2, 0) is 16.6 Å². The molecule has 0 radical (unpaired) electrons. The van der Waals surface area contributed by atoms with Gasteiger partial charge in [0, 0.05) is 18.7 Å². The number of fused-ring (bicyclic) bond motifs is 1. The molecular formula is C15H18N8O4S. The Morgan fingerprint density at radius 2 is 1.86 bits per heavy atom. The van der Waals surface area contributed by atoms with Crippen LogP contribution in [0.4, 0.5) is 17.1 Å². The Hall–Kier alpha value is -3.19. The SMILES string of the molecule is Cc1nn2c(C)nn(CCCS(N)(=O)=O)c2c1N=Nc1ccc([N+](=O)[O-])cc1. The first-order chi connectivity index (χ1) is 13.2. The van der Waals surface area contributed by atoms with E-state index in [0.717, 1.165) is 0 Å². The van der Waals surface area contributed by atoms with Gasteiger partial charge in [0.25, 0.3) is 5.69 Å². The van der Waals surface area contributed by atoms with E-state index in [2.05, 4.69) is 20.4 Å². The van der Waals surface area contributed by atoms with Crippen LogP contribution in [0.1, 0.15) is 17.9 Å². The highest BCUT2D eigenvalue weighted by Gasteiger charge is 2.18. The summed E-state index contributed by atoms with van der Waals surface area (Å²) in [5, 5.41) is 32.9. The van der Waals surface area contributed by atoms with Crippen molar-refractivity contribution in [1.29, 1.82) is 0 Å². The van der Waals surface area contributed by atoms with Crippen LogP contribution >= 0.6 is 0 Å². The van der Waals surface area contributed by atoms with Crippen molar-refractivity contribution >= 4 is 32.7 Å². The summed E-state index contributed by atoms with van der Waals surface area (Å²) in [6.07, 6.45) is 0.290. The van der Waals surface area contributed by atoms with Crippen molar-refractivity contribution in [3.05, 3.63) is 45.9 Å². The summed E-state index contributed by atoms with van der Waals surface area (Å²) in [4.78, 5) is 10.2. The summed E-state index contributed by atoms with van der Waals surface area (Å²) in [5.41, 5.74) is 2.09. The van der Waals surface area contributed by atoms with Crippen molar-refractivity contribution in [2.24, 2.45) is 15.4 Å². The highest BCUT2D eigenvalue weighted by atomic mass is 32.2. The van der Waals surface area contributed by atoms with Crippen LogP contribution in [0.15, 0.2) is 34.5 Å². The molecule has 0 aliphatic rings. The fourth-order valence-corrected chi connectivity index (χ4v) is 3.20. The van der Waals surface area contributed by atoms with Crippen molar-refractivity contribution in [1.82, 2.24) is 19.4 Å². The lowest BCUT2D eigenvalue weighted by atomic mass is 10.3. The van der Waals surface area contributed by atoms with Crippen LogP contribution in [0.3, 0.4) is 0 Å². The van der Waals surface area contributed by atoms with Crippen molar-refractivity contribution in [3.8, 4) is 0 Å². The summed E-state index contributed by atoms with van der Waals surface area (Å²) in [7, 11) is -3.56. The number of nitro groups is 1. The van der Waals surface area contributed by atoms with E-state index >= 15 is 0 Å². The molecule has 13 heteroatoms. The summed E-state index contributed by atoms with van der Waals surface area (Å²) < 4.78 is 25.5. The zero-order chi connectivity index (χ0) is 20.5. The number of rotatable bonds is 7. The highest BCUT2D eigenvalue weighted by molar-refractivity contribution is 7.89. The first-order valence-electron chi connectivity index (χ1n) is 8.25. The molecule has 148 valence electrons. The third-order valence-corrected chi connectivity index (χ3v) is 4.80.